The number of carbonyl (C=O) groups excluding carboxylic acids is 1. The molecule has 0 aromatic heterocycles. The van der Waals surface area contributed by atoms with Crippen LogP contribution in [0.4, 0.5) is 11.4 Å². The van der Waals surface area contributed by atoms with Crippen LogP contribution in [-0.4, -0.2) is 31.4 Å². The number of carbonyl (C=O) groups is 1. The molecule has 1 heterocycles. The molecule has 6 nitrogen and oxygen atoms in total. The van der Waals surface area contributed by atoms with Gasteiger partial charge in [-0.15, -0.1) is 0 Å². The lowest BCUT2D eigenvalue weighted by atomic mass is 10.1. The van der Waals surface area contributed by atoms with Gasteiger partial charge in [0, 0.05) is 5.56 Å². The number of fused-ring (bicyclic) bond motifs is 2. The second-order valence-electron chi connectivity index (χ2n) is 6.26. The van der Waals surface area contributed by atoms with Crippen molar-refractivity contribution in [2.75, 3.05) is 26.2 Å². The maximum absolute atomic E-state index is 13.6. The van der Waals surface area contributed by atoms with E-state index in [4.69, 9.17) is 14.2 Å². The maximum atomic E-state index is 13.6. The minimum atomic E-state index is -1.36. The van der Waals surface area contributed by atoms with Crippen molar-refractivity contribution in [1.82, 2.24) is 0 Å². The zero-order valence-corrected chi connectivity index (χ0v) is 17.0. The lowest BCUT2D eigenvalue weighted by Crippen LogP contribution is -2.30. The van der Waals surface area contributed by atoms with Gasteiger partial charge in [0.15, 0.2) is 11.5 Å². The molecule has 0 bridgehead atoms. The Balaban J connectivity index is 1.91. The van der Waals surface area contributed by atoms with E-state index in [1.807, 2.05) is 24.3 Å². The minimum absolute atomic E-state index is 0.291. The number of rotatable bonds is 4. The van der Waals surface area contributed by atoms with Gasteiger partial charge in [0.1, 0.15) is 0 Å². The molecule has 0 fully saturated rings. The average molecular weight is 409 g/mol. The fraction of sp³-hybridized carbons (Fsp3) is 0.136. The van der Waals surface area contributed by atoms with Crippen LogP contribution in [0.3, 0.4) is 0 Å². The summed E-state index contributed by atoms with van der Waals surface area (Å²) in [5.41, 5.74) is 1.53. The van der Waals surface area contributed by atoms with Crippen LogP contribution < -0.4 is 19.1 Å². The summed E-state index contributed by atoms with van der Waals surface area (Å²) in [6, 6.07) is 17.6. The molecule has 148 valence electrons. The SMILES string of the molecule is COc1cc(C(=O)N2c3ccccc3S(=O)c3ccccc32)cc(OC)c1OC. The van der Waals surface area contributed by atoms with E-state index in [-0.39, 0.29) is 5.91 Å². The van der Waals surface area contributed by atoms with E-state index in [1.165, 1.54) is 21.3 Å². The summed E-state index contributed by atoms with van der Waals surface area (Å²) in [6.07, 6.45) is 0. The van der Waals surface area contributed by atoms with Gasteiger partial charge >= 0.3 is 0 Å². The van der Waals surface area contributed by atoms with Gasteiger partial charge in [0.05, 0.1) is 53.3 Å². The number of amides is 1. The van der Waals surface area contributed by atoms with Gasteiger partial charge in [-0.05, 0) is 36.4 Å². The van der Waals surface area contributed by atoms with Crippen molar-refractivity contribution in [3.8, 4) is 17.2 Å². The molecule has 0 saturated heterocycles. The molecule has 1 aliphatic heterocycles. The van der Waals surface area contributed by atoms with Crippen molar-refractivity contribution in [3.05, 3.63) is 66.2 Å². The Kier molecular flexibility index (Phi) is 4.98. The van der Waals surface area contributed by atoms with E-state index >= 15 is 0 Å². The number of ether oxygens (including phenoxy) is 3. The van der Waals surface area contributed by atoms with Crippen molar-refractivity contribution < 1.29 is 23.2 Å². The Bertz CT molecular complexity index is 1050. The van der Waals surface area contributed by atoms with Gasteiger partial charge in [0.2, 0.25) is 5.75 Å². The average Bonchev–Trinajstić information content (AvgIpc) is 2.78. The van der Waals surface area contributed by atoms with Crippen molar-refractivity contribution in [2.24, 2.45) is 0 Å². The predicted octanol–water partition coefficient (Wildman–Crippen LogP) is 4.17. The molecule has 3 aromatic carbocycles. The molecule has 4 rings (SSSR count). The molecule has 0 aliphatic carbocycles. The topological polar surface area (TPSA) is 65.1 Å². The van der Waals surface area contributed by atoms with Crippen LogP contribution in [0.1, 0.15) is 10.4 Å². The monoisotopic (exact) mass is 409 g/mol. The van der Waals surface area contributed by atoms with Crippen molar-refractivity contribution >= 4 is 28.1 Å². The third-order valence-electron chi connectivity index (χ3n) is 4.73. The zero-order valence-electron chi connectivity index (χ0n) is 16.2. The van der Waals surface area contributed by atoms with Gasteiger partial charge < -0.3 is 14.2 Å². The first-order valence-electron chi connectivity index (χ1n) is 8.85. The molecule has 7 heteroatoms. The fourth-order valence-corrected chi connectivity index (χ4v) is 4.74. The lowest BCUT2D eigenvalue weighted by Gasteiger charge is -2.31. The van der Waals surface area contributed by atoms with Gasteiger partial charge in [0.25, 0.3) is 5.91 Å². The number of para-hydroxylation sites is 2. The Morgan fingerprint density at radius 3 is 1.72 bits per heavy atom. The van der Waals surface area contributed by atoms with E-state index in [0.29, 0.717) is 44.0 Å². The van der Waals surface area contributed by atoms with Crippen molar-refractivity contribution in [1.29, 1.82) is 0 Å². The first kappa shape index (κ1) is 19.0. The van der Waals surface area contributed by atoms with Gasteiger partial charge in [-0.2, -0.15) is 0 Å². The highest BCUT2D eigenvalue weighted by Gasteiger charge is 2.33. The van der Waals surface area contributed by atoms with Gasteiger partial charge in [-0.3, -0.25) is 9.69 Å². The summed E-state index contributed by atoms with van der Waals surface area (Å²) < 4.78 is 29.1. The third-order valence-corrected chi connectivity index (χ3v) is 6.22. The molecular formula is C22H19NO5S. The van der Waals surface area contributed by atoms with Crippen LogP contribution in [0.15, 0.2) is 70.5 Å². The van der Waals surface area contributed by atoms with Gasteiger partial charge in [-0.1, -0.05) is 24.3 Å². The standard InChI is InChI=1S/C22H19NO5S/c1-26-17-12-14(13-18(27-2)21(17)28-3)22(24)23-15-8-4-6-10-19(15)29(25)20-11-7-5-9-16(20)23/h4-13H,1-3H3. The van der Waals surface area contributed by atoms with E-state index in [9.17, 15) is 9.00 Å². The van der Waals surface area contributed by atoms with E-state index in [1.54, 1.807) is 41.3 Å². The fourth-order valence-electron chi connectivity index (χ4n) is 3.40. The van der Waals surface area contributed by atoms with Crippen LogP contribution in [0.2, 0.25) is 0 Å². The van der Waals surface area contributed by atoms with E-state index < -0.39 is 10.8 Å². The third kappa shape index (κ3) is 3.03. The Morgan fingerprint density at radius 2 is 1.28 bits per heavy atom. The largest absolute Gasteiger partial charge is 0.493 e. The van der Waals surface area contributed by atoms with Crippen LogP contribution in [0, 0.1) is 0 Å². The second kappa shape index (κ2) is 7.60. The summed E-state index contributed by atoms with van der Waals surface area (Å²) in [7, 11) is 3.14. The molecule has 1 aliphatic rings. The number of benzene rings is 3. The normalized spacial score (nSPS) is 12.7. The van der Waals surface area contributed by atoms with Crippen LogP contribution >= 0.6 is 0 Å². The summed E-state index contributed by atoms with van der Waals surface area (Å²) in [4.78, 5) is 16.4. The van der Waals surface area contributed by atoms with Crippen LogP contribution in [0.5, 0.6) is 17.2 Å². The lowest BCUT2D eigenvalue weighted by molar-refractivity contribution is 0.0997. The Morgan fingerprint density at radius 1 is 0.793 bits per heavy atom. The number of hydrogen-bond donors (Lipinski definition) is 0. The smallest absolute Gasteiger partial charge is 0.263 e. The Labute approximate surface area is 171 Å². The van der Waals surface area contributed by atoms with Crippen LogP contribution in [-0.2, 0) is 10.8 Å². The summed E-state index contributed by atoms with van der Waals surface area (Å²) in [5, 5.41) is 0. The molecule has 0 saturated carbocycles. The van der Waals surface area contributed by atoms with Crippen LogP contribution in [0.25, 0.3) is 0 Å². The predicted molar refractivity (Wildman–Crippen MR) is 110 cm³/mol. The molecule has 3 aromatic rings. The summed E-state index contributed by atoms with van der Waals surface area (Å²) >= 11 is 0. The minimum Gasteiger partial charge on any atom is -0.493 e. The first-order chi connectivity index (χ1) is 14.1. The molecule has 29 heavy (non-hydrogen) atoms. The molecule has 0 spiro atoms. The summed E-state index contributed by atoms with van der Waals surface area (Å²) in [6.45, 7) is 0. The molecule has 0 N–H and O–H groups in total. The zero-order chi connectivity index (χ0) is 20.5. The molecule has 0 unspecified atom stereocenters. The maximum Gasteiger partial charge on any atom is 0.263 e. The Hall–Kier alpha value is -3.32. The number of hydrogen-bond acceptors (Lipinski definition) is 5. The highest BCUT2D eigenvalue weighted by atomic mass is 32.2. The number of anilines is 2. The van der Waals surface area contributed by atoms with Crippen molar-refractivity contribution in [3.63, 3.8) is 0 Å². The van der Waals surface area contributed by atoms with E-state index in [0.717, 1.165) is 0 Å². The van der Waals surface area contributed by atoms with Crippen molar-refractivity contribution in [2.45, 2.75) is 9.79 Å². The number of nitrogens with zero attached hydrogens (tertiary/aromatic N) is 1. The highest BCUT2D eigenvalue weighted by molar-refractivity contribution is 7.85. The molecule has 1 amide bonds. The second-order valence-corrected chi connectivity index (χ2v) is 7.68. The molecule has 0 radical (unpaired) electrons. The summed E-state index contributed by atoms with van der Waals surface area (Å²) in [5.74, 6) is 0.891. The number of methoxy groups -OCH3 is 3. The molecule has 0 atom stereocenters. The quantitative estimate of drug-likeness (QED) is 0.647. The van der Waals surface area contributed by atoms with Gasteiger partial charge in [-0.25, -0.2) is 4.21 Å². The van der Waals surface area contributed by atoms with E-state index in [2.05, 4.69) is 0 Å². The molecular weight excluding hydrogens is 390 g/mol. The highest BCUT2D eigenvalue weighted by Crippen LogP contribution is 2.44. The first-order valence-corrected chi connectivity index (χ1v) is 10.00.